The summed E-state index contributed by atoms with van der Waals surface area (Å²) in [6.07, 6.45) is 0.00565. The van der Waals surface area contributed by atoms with Crippen molar-refractivity contribution < 1.29 is 9.47 Å². The van der Waals surface area contributed by atoms with Crippen LogP contribution in [0, 0.1) is 6.92 Å². The van der Waals surface area contributed by atoms with Crippen molar-refractivity contribution in [3.63, 3.8) is 0 Å². The molecule has 1 atom stereocenters. The minimum atomic E-state index is 0.00565. The Hall–Kier alpha value is -1.99. The normalized spacial score (nSPS) is 20.2. The molecule has 2 aliphatic heterocycles. The van der Waals surface area contributed by atoms with Gasteiger partial charge in [0.1, 0.15) is 18.5 Å². The Morgan fingerprint density at radius 3 is 2.69 bits per heavy atom. The molecule has 1 aromatic heterocycles. The predicted octanol–water partition coefficient (Wildman–Crippen LogP) is 2.47. The van der Waals surface area contributed by atoms with E-state index in [2.05, 4.69) is 27.9 Å². The molecule has 1 aromatic carbocycles. The lowest BCUT2D eigenvalue weighted by Gasteiger charge is -2.33. The molecular formula is C19H24N4O2S. The molecule has 0 N–H and O–H groups in total. The Morgan fingerprint density at radius 1 is 1.12 bits per heavy atom. The van der Waals surface area contributed by atoms with Crippen LogP contribution in [0.25, 0.3) is 0 Å². The van der Waals surface area contributed by atoms with Gasteiger partial charge in [0, 0.05) is 43.7 Å². The minimum Gasteiger partial charge on any atom is -0.486 e. The van der Waals surface area contributed by atoms with Crippen molar-refractivity contribution in [3.05, 3.63) is 36.0 Å². The number of fused-ring (bicyclic) bond motifs is 1. The number of anilines is 1. The zero-order valence-corrected chi connectivity index (χ0v) is 16.0. The van der Waals surface area contributed by atoms with E-state index in [0.717, 1.165) is 60.1 Å². The smallest absolute Gasteiger partial charge is 0.189 e. The lowest BCUT2D eigenvalue weighted by Crippen LogP contribution is -2.44. The fourth-order valence-electron chi connectivity index (χ4n) is 3.10. The summed E-state index contributed by atoms with van der Waals surface area (Å²) in [6.45, 7) is 6.74. The third kappa shape index (κ3) is 4.04. The molecule has 3 heterocycles. The Labute approximate surface area is 158 Å². The van der Waals surface area contributed by atoms with Gasteiger partial charge in [-0.15, -0.1) is 0 Å². The van der Waals surface area contributed by atoms with Crippen molar-refractivity contribution in [2.75, 3.05) is 50.5 Å². The van der Waals surface area contributed by atoms with Crippen molar-refractivity contribution in [2.45, 2.75) is 18.2 Å². The first-order valence-electron chi connectivity index (χ1n) is 8.98. The van der Waals surface area contributed by atoms with Crippen LogP contribution < -0.4 is 14.4 Å². The summed E-state index contributed by atoms with van der Waals surface area (Å²) in [4.78, 5) is 14.1. The van der Waals surface area contributed by atoms with E-state index in [1.807, 2.05) is 31.2 Å². The summed E-state index contributed by atoms with van der Waals surface area (Å²) in [6, 6.07) is 9.87. The van der Waals surface area contributed by atoms with Gasteiger partial charge in [-0.25, -0.2) is 9.97 Å². The number of piperazine rings is 1. The second-order valence-corrected chi connectivity index (χ2v) is 7.74. The highest BCUT2D eigenvalue weighted by Crippen LogP contribution is 2.32. The van der Waals surface area contributed by atoms with Gasteiger partial charge in [0.05, 0.1) is 0 Å². The molecule has 0 aliphatic carbocycles. The number of para-hydroxylation sites is 2. The number of rotatable bonds is 4. The number of benzene rings is 1. The lowest BCUT2D eigenvalue weighted by molar-refractivity contribution is 0.107. The summed E-state index contributed by atoms with van der Waals surface area (Å²) in [7, 11) is 2.16. The van der Waals surface area contributed by atoms with Crippen molar-refractivity contribution in [3.8, 4) is 11.5 Å². The Morgan fingerprint density at radius 2 is 1.88 bits per heavy atom. The fourth-order valence-corrected chi connectivity index (χ4v) is 3.97. The van der Waals surface area contributed by atoms with Crippen LogP contribution in [0.4, 0.5) is 5.82 Å². The van der Waals surface area contributed by atoms with Crippen LogP contribution in [0.3, 0.4) is 0 Å². The molecule has 1 fully saturated rings. The van der Waals surface area contributed by atoms with Gasteiger partial charge in [0.15, 0.2) is 16.7 Å². The van der Waals surface area contributed by atoms with Gasteiger partial charge in [0.25, 0.3) is 0 Å². The van der Waals surface area contributed by atoms with Gasteiger partial charge in [-0.3, -0.25) is 0 Å². The van der Waals surface area contributed by atoms with E-state index in [4.69, 9.17) is 14.5 Å². The molecule has 7 heteroatoms. The number of thioether (sulfide) groups is 1. The summed E-state index contributed by atoms with van der Waals surface area (Å²) >= 11 is 1.63. The second kappa shape index (κ2) is 7.72. The number of nitrogens with zero attached hydrogens (tertiary/aromatic N) is 4. The van der Waals surface area contributed by atoms with Crippen LogP contribution >= 0.6 is 11.8 Å². The zero-order chi connectivity index (χ0) is 17.9. The predicted molar refractivity (Wildman–Crippen MR) is 104 cm³/mol. The Balaban J connectivity index is 1.39. The van der Waals surface area contributed by atoms with E-state index in [1.54, 1.807) is 11.8 Å². The van der Waals surface area contributed by atoms with Gasteiger partial charge in [0.2, 0.25) is 0 Å². The van der Waals surface area contributed by atoms with Crippen LogP contribution in [0.2, 0.25) is 0 Å². The minimum absolute atomic E-state index is 0.00565. The SMILES string of the molecule is Cc1cc(N2CCN(C)CC2)nc(SC[C@H]2COc3ccccc3O2)n1. The average molecular weight is 372 g/mol. The topological polar surface area (TPSA) is 50.7 Å². The van der Waals surface area contributed by atoms with Gasteiger partial charge >= 0.3 is 0 Å². The standard InChI is InChI=1S/C19H24N4O2S/c1-14-11-18(23-9-7-22(2)8-10-23)21-19(20-14)26-13-15-12-24-16-5-3-4-6-17(16)25-15/h3-6,11,15H,7-10,12-13H2,1-2H3/t15-/m1/s1. The van der Waals surface area contributed by atoms with E-state index in [9.17, 15) is 0 Å². The van der Waals surface area contributed by atoms with E-state index in [-0.39, 0.29) is 6.10 Å². The molecule has 2 aliphatic rings. The molecule has 4 rings (SSSR count). The van der Waals surface area contributed by atoms with Crippen LogP contribution in [0.5, 0.6) is 11.5 Å². The maximum absolute atomic E-state index is 6.02. The Kier molecular flexibility index (Phi) is 5.17. The third-order valence-electron chi connectivity index (χ3n) is 4.61. The van der Waals surface area contributed by atoms with E-state index < -0.39 is 0 Å². The van der Waals surface area contributed by atoms with Gasteiger partial charge in [-0.1, -0.05) is 23.9 Å². The molecule has 26 heavy (non-hydrogen) atoms. The van der Waals surface area contributed by atoms with Gasteiger partial charge < -0.3 is 19.3 Å². The summed E-state index contributed by atoms with van der Waals surface area (Å²) in [5.41, 5.74) is 1.00. The quantitative estimate of drug-likeness (QED) is 0.604. The summed E-state index contributed by atoms with van der Waals surface area (Å²) in [5, 5.41) is 0.807. The summed E-state index contributed by atoms with van der Waals surface area (Å²) < 4.78 is 11.8. The highest BCUT2D eigenvalue weighted by molar-refractivity contribution is 7.99. The largest absolute Gasteiger partial charge is 0.486 e. The second-order valence-electron chi connectivity index (χ2n) is 6.75. The average Bonchev–Trinajstić information content (AvgIpc) is 2.66. The van der Waals surface area contributed by atoms with Crippen LogP contribution in [0.15, 0.2) is 35.5 Å². The monoisotopic (exact) mass is 372 g/mol. The highest BCUT2D eigenvalue weighted by Gasteiger charge is 2.22. The number of aromatic nitrogens is 2. The van der Waals surface area contributed by atoms with Crippen LogP contribution in [0.1, 0.15) is 5.69 Å². The molecule has 0 unspecified atom stereocenters. The summed E-state index contributed by atoms with van der Waals surface area (Å²) in [5.74, 6) is 3.42. The highest BCUT2D eigenvalue weighted by atomic mass is 32.2. The molecule has 1 saturated heterocycles. The first-order valence-corrected chi connectivity index (χ1v) is 9.96. The first kappa shape index (κ1) is 17.4. The van der Waals surface area contributed by atoms with Crippen LogP contribution in [-0.2, 0) is 0 Å². The van der Waals surface area contributed by atoms with Gasteiger partial charge in [-0.05, 0) is 26.1 Å². The van der Waals surface area contributed by atoms with E-state index in [0.29, 0.717) is 6.61 Å². The zero-order valence-electron chi connectivity index (χ0n) is 15.2. The third-order valence-corrected chi connectivity index (χ3v) is 5.59. The number of ether oxygens (including phenoxy) is 2. The number of likely N-dealkylation sites (N-methyl/N-ethyl adjacent to an activating group) is 1. The fraction of sp³-hybridized carbons (Fsp3) is 0.474. The maximum Gasteiger partial charge on any atom is 0.189 e. The molecule has 0 saturated carbocycles. The molecule has 0 bridgehead atoms. The molecule has 0 spiro atoms. The molecule has 2 aromatic rings. The van der Waals surface area contributed by atoms with Crippen molar-refractivity contribution >= 4 is 17.6 Å². The molecule has 6 nitrogen and oxygen atoms in total. The molecule has 0 radical (unpaired) electrons. The van der Waals surface area contributed by atoms with Crippen LogP contribution in [-0.4, -0.2) is 66.6 Å². The first-order chi connectivity index (χ1) is 12.7. The van der Waals surface area contributed by atoms with E-state index in [1.165, 1.54) is 0 Å². The van der Waals surface area contributed by atoms with Crippen molar-refractivity contribution in [1.29, 1.82) is 0 Å². The molecular weight excluding hydrogens is 348 g/mol. The Bertz CT molecular complexity index is 765. The number of hydrogen-bond acceptors (Lipinski definition) is 7. The van der Waals surface area contributed by atoms with E-state index >= 15 is 0 Å². The molecule has 138 valence electrons. The van der Waals surface area contributed by atoms with Crippen molar-refractivity contribution in [1.82, 2.24) is 14.9 Å². The lowest BCUT2D eigenvalue weighted by atomic mass is 10.3. The number of aryl methyl sites for hydroxylation is 1. The number of hydrogen-bond donors (Lipinski definition) is 0. The van der Waals surface area contributed by atoms with Crippen molar-refractivity contribution in [2.24, 2.45) is 0 Å². The van der Waals surface area contributed by atoms with Gasteiger partial charge in [-0.2, -0.15) is 0 Å². The maximum atomic E-state index is 6.02. The molecule has 0 amide bonds.